The van der Waals surface area contributed by atoms with Gasteiger partial charge in [0.1, 0.15) is 11.9 Å². The van der Waals surface area contributed by atoms with Crippen LogP contribution in [0.25, 0.3) is 0 Å². The van der Waals surface area contributed by atoms with E-state index in [0.29, 0.717) is 10.0 Å². The Labute approximate surface area is 145 Å². The molecule has 0 aliphatic rings. The van der Waals surface area contributed by atoms with E-state index in [1.807, 2.05) is 59.3 Å². The lowest BCUT2D eigenvalue weighted by molar-refractivity contribution is 0.188. The van der Waals surface area contributed by atoms with Crippen LogP contribution >= 0.6 is 23.2 Å². The first-order valence-electron chi connectivity index (χ1n) is 7.34. The summed E-state index contributed by atoms with van der Waals surface area (Å²) < 4.78 is 8.19. The molecule has 0 spiro atoms. The maximum Gasteiger partial charge on any atom is 0.125 e. The Bertz CT molecular complexity index is 725. The number of hydrogen-bond donors (Lipinski definition) is 0. The van der Waals surface area contributed by atoms with E-state index in [-0.39, 0.29) is 6.10 Å². The van der Waals surface area contributed by atoms with E-state index >= 15 is 0 Å². The quantitative estimate of drug-likeness (QED) is 0.597. The summed E-state index contributed by atoms with van der Waals surface area (Å²) in [5, 5.41) is 1.41. The normalized spacial score (nSPS) is 12.1. The van der Waals surface area contributed by atoms with Crippen LogP contribution in [-0.2, 0) is 6.54 Å². The molecule has 1 heterocycles. The van der Waals surface area contributed by atoms with Crippen LogP contribution in [0.15, 0.2) is 67.3 Å². The summed E-state index contributed by atoms with van der Waals surface area (Å²) in [5.41, 5.74) is 1.09. The van der Waals surface area contributed by atoms with Crippen LogP contribution in [0, 0.1) is 0 Å². The van der Waals surface area contributed by atoms with Crippen molar-refractivity contribution in [3.05, 3.63) is 82.9 Å². The molecule has 1 aromatic heterocycles. The van der Waals surface area contributed by atoms with Gasteiger partial charge in [0.25, 0.3) is 0 Å². The summed E-state index contributed by atoms with van der Waals surface area (Å²) >= 11 is 11.9. The Hall–Kier alpha value is -1.97. The lowest BCUT2D eigenvalue weighted by Gasteiger charge is -2.20. The Balaban J connectivity index is 1.77. The monoisotopic (exact) mass is 346 g/mol. The van der Waals surface area contributed by atoms with Crippen LogP contribution in [0.4, 0.5) is 0 Å². The maximum atomic E-state index is 6.16. The van der Waals surface area contributed by atoms with Gasteiger partial charge in [-0.15, -0.1) is 0 Å². The molecule has 0 fully saturated rings. The number of halogens is 2. The highest BCUT2D eigenvalue weighted by Crippen LogP contribution is 2.27. The second kappa shape index (κ2) is 7.53. The van der Waals surface area contributed by atoms with Crippen molar-refractivity contribution in [2.75, 3.05) is 0 Å². The van der Waals surface area contributed by atoms with Gasteiger partial charge in [-0.2, -0.15) is 0 Å². The van der Waals surface area contributed by atoms with Gasteiger partial charge < -0.3 is 9.30 Å². The van der Waals surface area contributed by atoms with Crippen molar-refractivity contribution >= 4 is 23.2 Å². The molecule has 0 radical (unpaired) electrons. The van der Waals surface area contributed by atoms with Gasteiger partial charge in [-0.05, 0) is 42.0 Å². The number of rotatable bonds is 6. The van der Waals surface area contributed by atoms with Gasteiger partial charge in [-0.1, -0.05) is 35.3 Å². The number of hydrogen-bond acceptors (Lipinski definition) is 2. The third-order valence-electron chi connectivity index (χ3n) is 3.54. The minimum absolute atomic E-state index is 0.0733. The van der Waals surface area contributed by atoms with Gasteiger partial charge in [0.2, 0.25) is 0 Å². The predicted molar refractivity (Wildman–Crippen MR) is 93.1 cm³/mol. The molecule has 3 aromatic rings. The van der Waals surface area contributed by atoms with Crippen LogP contribution in [0.3, 0.4) is 0 Å². The first-order chi connectivity index (χ1) is 11.2. The molecule has 2 aromatic carbocycles. The second-order valence-corrected chi connectivity index (χ2v) is 6.07. The van der Waals surface area contributed by atoms with Gasteiger partial charge in [-0.25, -0.2) is 4.98 Å². The average molecular weight is 347 g/mol. The van der Waals surface area contributed by atoms with E-state index in [2.05, 4.69) is 4.98 Å². The smallest absolute Gasteiger partial charge is 0.125 e. The molecule has 23 heavy (non-hydrogen) atoms. The number of ether oxygens (including phenoxy) is 1. The molecule has 5 heteroatoms. The molecule has 118 valence electrons. The van der Waals surface area contributed by atoms with E-state index < -0.39 is 0 Å². The van der Waals surface area contributed by atoms with E-state index in [0.717, 1.165) is 24.3 Å². The molecule has 0 amide bonds. The largest absolute Gasteiger partial charge is 0.486 e. The van der Waals surface area contributed by atoms with Crippen LogP contribution in [-0.4, -0.2) is 9.55 Å². The number of imidazole rings is 1. The molecule has 0 aliphatic heterocycles. The first-order valence-corrected chi connectivity index (χ1v) is 8.10. The zero-order chi connectivity index (χ0) is 16.1. The molecule has 0 bridgehead atoms. The predicted octanol–water partition coefficient (Wildman–Crippen LogP) is 5.40. The third-order valence-corrected chi connectivity index (χ3v) is 4.05. The number of aryl methyl sites for hydroxylation is 1. The molecule has 1 atom stereocenters. The van der Waals surface area contributed by atoms with E-state index in [1.165, 1.54) is 0 Å². The highest BCUT2D eigenvalue weighted by molar-refractivity contribution is 6.30. The number of aromatic nitrogens is 2. The van der Waals surface area contributed by atoms with Crippen molar-refractivity contribution in [2.24, 2.45) is 0 Å². The number of nitrogens with zero attached hydrogens (tertiary/aromatic N) is 2. The van der Waals surface area contributed by atoms with Gasteiger partial charge in [-0.3, -0.25) is 0 Å². The van der Waals surface area contributed by atoms with Gasteiger partial charge in [0.15, 0.2) is 0 Å². The van der Waals surface area contributed by atoms with Crippen LogP contribution in [0.2, 0.25) is 10.0 Å². The fraction of sp³-hybridized carbons (Fsp3) is 0.167. The zero-order valence-corrected chi connectivity index (χ0v) is 13.9. The Kier molecular flexibility index (Phi) is 5.21. The topological polar surface area (TPSA) is 27.1 Å². The Morgan fingerprint density at radius 3 is 2.22 bits per heavy atom. The molecule has 1 unspecified atom stereocenters. The minimum atomic E-state index is -0.0733. The molecular formula is C18H16Cl2N2O. The van der Waals surface area contributed by atoms with E-state index in [1.54, 1.807) is 12.5 Å². The average Bonchev–Trinajstić information content (AvgIpc) is 3.08. The van der Waals surface area contributed by atoms with E-state index in [4.69, 9.17) is 27.9 Å². The molecule has 3 nitrogen and oxygen atoms in total. The molecule has 0 saturated heterocycles. The molecular weight excluding hydrogens is 331 g/mol. The van der Waals surface area contributed by atoms with Gasteiger partial charge in [0.05, 0.1) is 6.33 Å². The molecule has 0 N–H and O–H groups in total. The highest BCUT2D eigenvalue weighted by Gasteiger charge is 2.14. The third kappa shape index (κ3) is 4.50. The van der Waals surface area contributed by atoms with Gasteiger partial charge >= 0.3 is 0 Å². The van der Waals surface area contributed by atoms with Crippen molar-refractivity contribution in [3.8, 4) is 5.75 Å². The summed E-state index contributed by atoms with van der Waals surface area (Å²) in [6.07, 6.45) is 6.27. The summed E-state index contributed by atoms with van der Waals surface area (Å²) in [4.78, 5) is 4.07. The van der Waals surface area contributed by atoms with Crippen molar-refractivity contribution in [2.45, 2.75) is 19.1 Å². The van der Waals surface area contributed by atoms with Gasteiger partial charge in [0, 0.05) is 35.4 Å². The first kappa shape index (κ1) is 15.9. The van der Waals surface area contributed by atoms with Crippen LogP contribution in [0.1, 0.15) is 18.1 Å². The Morgan fingerprint density at radius 1 is 0.957 bits per heavy atom. The number of benzene rings is 2. The minimum Gasteiger partial charge on any atom is -0.486 e. The SMILES string of the molecule is Clc1ccc(OC(CCn2ccnc2)c2ccc(Cl)cc2)cc1. The fourth-order valence-corrected chi connectivity index (χ4v) is 2.59. The highest BCUT2D eigenvalue weighted by atomic mass is 35.5. The fourth-order valence-electron chi connectivity index (χ4n) is 2.33. The van der Waals surface area contributed by atoms with Crippen molar-refractivity contribution in [3.63, 3.8) is 0 Å². The van der Waals surface area contributed by atoms with Crippen molar-refractivity contribution in [1.29, 1.82) is 0 Å². The van der Waals surface area contributed by atoms with Crippen molar-refractivity contribution < 1.29 is 4.74 Å². The van der Waals surface area contributed by atoms with Crippen LogP contribution < -0.4 is 4.74 Å². The molecule has 0 saturated carbocycles. The maximum absolute atomic E-state index is 6.16. The lowest BCUT2D eigenvalue weighted by atomic mass is 10.1. The zero-order valence-electron chi connectivity index (χ0n) is 12.4. The Morgan fingerprint density at radius 2 is 1.61 bits per heavy atom. The summed E-state index contributed by atoms with van der Waals surface area (Å²) in [7, 11) is 0. The molecule has 0 aliphatic carbocycles. The summed E-state index contributed by atoms with van der Waals surface area (Å²) in [5.74, 6) is 0.792. The summed E-state index contributed by atoms with van der Waals surface area (Å²) in [6, 6.07) is 15.2. The van der Waals surface area contributed by atoms with Crippen LogP contribution in [0.5, 0.6) is 5.75 Å². The summed E-state index contributed by atoms with van der Waals surface area (Å²) in [6.45, 7) is 0.820. The van der Waals surface area contributed by atoms with Crippen molar-refractivity contribution in [1.82, 2.24) is 9.55 Å². The van der Waals surface area contributed by atoms with E-state index in [9.17, 15) is 0 Å². The lowest BCUT2D eigenvalue weighted by Crippen LogP contribution is -2.11. The molecule has 3 rings (SSSR count). The standard InChI is InChI=1S/C18H16Cl2N2O/c19-15-3-1-14(2-4-15)18(9-11-22-12-10-21-13-22)23-17-7-5-16(20)6-8-17/h1-8,10,12-13,18H,9,11H2. The second-order valence-electron chi connectivity index (χ2n) is 5.20.